The van der Waals surface area contributed by atoms with Crippen LogP contribution in [0.25, 0.3) is 0 Å². The Morgan fingerprint density at radius 3 is 1.94 bits per heavy atom. The molecular formula is C9H6F7P. The van der Waals surface area contributed by atoms with Crippen molar-refractivity contribution in [3.8, 4) is 0 Å². The molecule has 0 aliphatic heterocycles. The lowest BCUT2D eigenvalue weighted by Crippen LogP contribution is -2.37. The van der Waals surface area contributed by atoms with Gasteiger partial charge in [-0.25, -0.2) is 8.78 Å². The second-order valence-electron chi connectivity index (χ2n) is 3.19. The van der Waals surface area contributed by atoms with E-state index in [9.17, 15) is 30.7 Å². The SMILES string of the molecule is CP(c1ccc(F)cc1F)C(F)(F)C(F)(F)F. The maximum atomic E-state index is 13.1. The summed E-state index contributed by atoms with van der Waals surface area (Å²) in [4.78, 5) is 0. The van der Waals surface area contributed by atoms with Crippen molar-refractivity contribution in [3.63, 3.8) is 0 Å². The summed E-state index contributed by atoms with van der Waals surface area (Å²) in [5, 5.41) is -0.816. The summed E-state index contributed by atoms with van der Waals surface area (Å²) < 4.78 is 87.6. The largest absolute Gasteiger partial charge is 0.457 e. The third-order valence-corrected chi connectivity index (χ3v) is 4.21. The second-order valence-corrected chi connectivity index (χ2v) is 5.36. The molecule has 0 aromatic heterocycles. The first kappa shape index (κ1) is 14.2. The first-order valence-electron chi connectivity index (χ1n) is 4.21. The fraction of sp³-hybridized carbons (Fsp3) is 0.333. The summed E-state index contributed by atoms with van der Waals surface area (Å²) in [6.45, 7) is 0.596. The molecule has 17 heavy (non-hydrogen) atoms. The predicted molar refractivity (Wildman–Crippen MR) is 49.8 cm³/mol. The molecule has 0 saturated heterocycles. The van der Waals surface area contributed by atoms with Gasteiger partial charge in [-0.1, -0.05) is 0 Å². The Labute approximate surface area is 93.2 Å². The van der Waals surface area contributed by atoms with Crippen LogP contribution in [0.2, 0.25) is 0 Å². The highest BCUT2D eigenvalue weighted by Crippen LogP contribution is 2.57. The molecule has 1 atom stereocenters. The van der Waals surface area contributed by atoms with Gasteiger partial charge < -0.3 is 0 Å². The average Bonchev–Trinajstić information content (AvgIpc) is 2.14. The van der Waals surface area contributed by atoms with Crippen molar-refractivity contribution in [1.82, 2.24) is 0 Å². The summed E-state index contributed by atoms with van der Waals surface area (Å²) in [6.07, 6.45) is -5.76. The molecule has 0 nitrogen and oxygen atoms in total. The van der Waals surface area contributed by atoms with Crippen LogP contribution >= 0.6 is 7.92 Å². The Morgan fingerprint density at radius 2 is 1.53 bits per heavy atom. The predicted octanol–water partition coefficient (Wildman–Crippen LogP) is 3.86. The standard InChI is InChI=1S/C9H6F7P/c1-17(9(15,16)8(12,13)14)7-3-2-5(10)4-6(7)11/h2-4H,1H3. The Morgan fingerprint density at radius 1 is 1.00 bits per heavy atom. The molecule has 1 aromatic carbocycles. The quantitative estimate of drug-likeness (QED) is 0.569. The van der Waals surface area contributed by atoms with E-state index in [1.165, 1.54) is 0 Å². The van der Waals surface area contributed by atoms with Crippen LogP contribution in [0.1, 0.15) is 0 Å². The molecule has 0 saturated carbocycles. The van der Waals surface area contributed by atoms with Crippen molar-refractivity contribution >= 4 is 13.2 Å². The van der Waals surface area contributed by atoms with E-state index in [2.05, 4.69) is 0 Å². The Kier molecular flexibility index (Phi) is 3.72. The highest BCUT2D eigenvalue weighted by Gasteiger charge is 2.61. The fourth-order valence-corrected chi connectivity index (χ4v) is 2.46. The molecule has 1 rings (SSSR count). The zero-order chi connectivity index (χ0) is 13.4. The minimum atomic E-state index is -5.76. The lowest BCUT2D eigenvalue weighted by Gasteiger charge is -2.26. The maximum absolute atomic E-state index is 13.1. The van der Waals surface area contributed by atoms with Gasteiger partial charge in [-0.05, 0) is 18.8 Å². The van der Waals surface area contributed by atoms with Crippen LogP contribution in [0.15, 0.2) is 18.2 Å². The highest BCUT2D eigenvalue weighted by molar-refractivity contribution is 7.66. The van der Waals surface area contributed by atoms with Crippen molar-refractivity contribution in [2.75, 3.05) is 6.66 Å². The zero-order valence-corrected chi connectivity index (χ0v) is 9.22. The van der Waals surface area contributed by atoms with Crippen LogP contribution in [0.5, 0.6) is 0 Å². The molecule has 1 aromatic rings. The van der Waals surface area contributed by atoms with Crippen molar-refractivity contribution in [2.24, 2.45) is 0 Å². The number of alkyl halides is 5. The van der Waals surface area contributed by atoms with E-state index in [0.717, 1.165) is 0 Å². The monoisotopic (exact) mass is 278 g/mol. The third-order valence-electron chi connectivity index (χ3n) is 2.03. The normalized spacial score (nSPS) is 14.8. The minimum absolute atomic E-state index is 0.278. The van der Waals surface area contributed by atoms with Crippen molar-refractivity contribution in [1.29, 1.82) is 0 Å². The molecule has 0 aliphatic carbocycles. The smallest absolute Gasteiger partial charge is 0.207 e. The van der Waals surface area contributed by atoms with Gasteiger partial charge in [0.2, 0.25) is 0 Å². The minimum Gasteiger partial charge on any atom is -0.207 e. The molecule has 96 valence electrons. The van der Waals surface area contributed by atoms with Crippen molar-refractivity contribution in [3.05, 3.63) is 29.8 Å². The molecule has 8 heteroatoms. The maximum Gasteiger partial charge on any atom is 0.457 e. The van der Waals surface area contributed by atoms with Gasteiger partial charge in [0.15, 0.2) is 0 Å². The molecule has 0 N–H and O–H groups in total. The summed E-state index contributed by atoms with van der Waals surface area (Å²) in [6, 6.07) is 1.53. The molecule has 1 unspecified atom stereocenters. The van der Waals surface area contributed by atoms with Gasteiger partial charge >= 0.3 is 11.8 Å². The van der Waals surface area contributed by atoms with E-state index < -0.39 is 36.7 Å². The Hall–Kier alpha value is -0.840. The number of benzene rings is 1. The summed E-state index contributed by atoms with van der Waals surface area (Å²) in [5.74, 6) is -2.44. The third kappa shape index (κ3) is 2.70. The van der Waals surface area contributed by atoms with Gasteiger partial charge in [0.1, 0.15) is 11.6 Å². The zero-order valence-electron chi connectivity index (χ0n) is 8.33. The van der Waals surface area contributed by atoms with Crippen molar-refractivity contribution in [2.45, 2.75) is 11.8 Å². The van der Waals surface area contributed by atoms with Gasteiger partial charge in [-0.15, -0.1) is 0 Å². The van der Waals surface area contributed by atoms with E-state index in [1.54, 1.807) is 0 Å². The number of rotatable bonds is 2. The lowest BCUT2D eigenvalue weighted by atomic mass is 10.3. The molecule has 0 fully saturated rings. The highest BCUT2D eigenvalue weighted by atomic mass is 31.1. The van der Waals surface area contributed by atoms with Crippen LogP contribution in [-0.2, 0) is 0 Å². The van der Waals surface area contributed by atoms with Crippen LogP contribution in [-0.4, -0.2) is 18.5 Å². The molecule has 0 spiro atoms. The molecule has 0 bridgehead atoms. The van der Waals surface area contributed by atoms with Crippen molar-refractivity contribution < 1.29 is 30.7 Å². The fourth-order valence-electron chi connectivity index (χ4n) is 1.09. The van der Waals surface area contributed by atoms with Gasteiger partial charge in [-0.2, -0.15) is 22.0 Å². The van der Waals surface area contributed by atoms with Crippen LogP contribution in [0, 0.1) is 11.6 Å². The van der Waals surface area contributed by atoms with Gasteiger partial charge in [0, 0.05) is 19.3 Å². The lowest BCUT2D eigenvalue weighted by molar-refractivity contribution is -0.240. The first-order chi connectivity index (χ1) is 7.57. The van der Waals surface area contributed by atoms with E-state index in [4.69, 9.17) is 0 Å². The van der Waals surface area contributed by atoms with E-state index >= 15 is 0 Å². The van der Waals surface area contributed by atoms with Gasteiger partial charge in [-0.3, -0.25) is 0 Å². The van der Waals surface area contributed by atoms with Crippen LogP contribution in [0.3, 0.4) is 0 Å². The summed E-state index contributed by atoms with van der Waals surface area (Å²) >= 11 is 0. The van der Waals surface area contributed by atoms with E-state index in [-0.39, 0.29) is 6.07 Å². The first-order valence-corrected chi connectivity index (χ1v) is 5.99. The second kappa shape index (κ2) is 4.44. The molecular weight excluding hydrogens is 272 g/mol. The number of hydrogen-bond acceptors (Lipinski definition) is 0. The number of halogens is 7. The topological polar surface area (TPSA) is 0 Å². The summed E-state index contributed by atoms with van der Waals surface area (Å²) in [7, 11) is -3.14. The van der Waals surface area contributed by atoms with Gasteiger partial charge in [0.25, 0.3) is 0 Å². The molecule has 0 radical (unpaired) electrons. The van der Waals surface area contributed by atoms with Crippen LogP contribution in [0.4, 0.5) is 30.7 Å². The average molecular weight is 278 g/mol. The van der Waals surface area contributed by atoms with Gasteiger partial charge in [0.05, 0.1) is 0 Å². The Bertz CT molecular complexity index is 412. The van der Waals surface area contributed by atoms with E-state index in [1.807, 2.05) is 0 Å². The Balaban J connectivity index is 3.17. The molecule has 0 amide bonds. The molecule has 0 aliphatic rings. The van der Waals surface area contributed by atoms with E-state index in [0.29, 0.717) is 18.8 Å². The van der Waals surface area contributed by atoms with Crippen LogP contribution < -0.4 is 5.30 Å². The number of hydrogen-bond donors (Lipinski definition) is 0. The molecule has 0 heterocycles. The summed E-state index contributed by atoms with van der Waals surface area (Å²) in [5.41, 5.74) is -5.01.